The highest BCUT2D eigenvalue weighted by molar-refractivity contribution is 5.76. The van der Waals surface area contributed by atoms with Crippen molar-refractivity contribution in [3.05, 3.63) is 0 Å². The minimum Gasteiger partial charge on any atom is -0.481 e. The van der Waals surface area contributed by atoms with Crippen LogP contribution in [0.25, 0.3) is 0 Å². The molecule has 2 unspecified atom stereocenters. The summed E-state index contributed by atoms with van der Waals surface area (Å²) in [6.07, 6.45) is 4.24. The molecule has 0 radical (unpaired) electrons. The van der Waals surface area contributed by atoms with Crippen LogP contribution in [0.3, 0.4) is 0 Å². The topological polar surface area (TPSA) is 75.6 Å². The largest absolute Gasteiger partial charge is 0.481 e. The van der Waals surface area contributed by atoms with Crippen LogP contribution in [0.2, 0.25) is 0 Å². The molecule has 0 aromatic rings. The molecule has 0 spiro atoms. The van der Waals surface area contributed by atoms with Crippen LogP contribution in [0.4, 0.5) is 4.79 Å². The maximum Gasteiger partial charge on any atom is 0.407 e. The first-order valence-electron chi connectivity index (χ1n) is 7.40. The standard InChI is InChI=1S/C15H25NO4/c1-14(2,3)20-13(19)16-9-15(12(17)18)7-10-4-5-11(6-10)8-15/h10-11H,4-9H2,1-3H3,(H,16,19)(H,17,18). The zero-order valence-electron chi connectivity index (χ0n) is 12.6. The lowest BCUT2D eigenvalue weighted by molar-refractivity contribution is -0.152. The van der Waals surface area contributed by atoms with Crippen LogP contribution in [0.5, 0.6) is 0 Å². The summed E-state index contributed by atoms with van der Waals surface area (Å²) in [5.74, 6) is 0.223. The highest BCUT2D eigenvalue weighted by Crippen LogP contribution is 2.50. The summed E-state index contributed by atoms with van der Waals surface area (Å²) in [7, 11) is 0. The fourth-order valence-corrected chi connectivity index (χ4v) is 3.69. The molecule has 2 fully saturated rings. The summed E-state index contributed by atoms with van der Waals surface area (Å²) in [6, 6.07) is 0. The predicted molar refractivity (Wildman–Crippen MR) is 74.4 cm³/mol. The Balaban J connectivity index is 1.97. The van der Waals surface area contributed by atoms with E-state index in [9.17, 15) is 14.7 Å². The molecule has 2 rings (SSSR count). The van der Waals surface area contributed by atoms with Crippen LogP contribution >= 0.6 is 0 Å². The van der Waals surface area contributed by atoms with E-state index in [2.05, 4.69) is 5.32 Å². The highest BCUT2D eigenvalue weighted by atomic mass is 16.6. The lowest BCUT2D eigenvalue weighted by atomic mass is 9.69. The third-order valence-electron chi connectivity index (χ3n) is 4.43. The van der Waals surface area contributed by atoms with Gasteiger partial charge in [-0.05, 0) is 51.9 Å². The number of fused-ring (bicyclic) bond motifs is 2. The lowest BCUT2D eigenvalue weighted by Crippen LogP contribution is -2.47. The van der Waals surface area contributed by atoms with Crippen molar-refractivity contribution in [2.24, 2.45) is 17.3 Å². The van der Waals surface area contributed by atoms with E-state index in [1.807, 2.05) is 0 Å². The van der Waals surface area contributed by atoms with Gasteiger partial charge in [-0.25, -0.2) is 4.79 Å². The molecular formula is C15H25NO4. The molecule has 2 N–H and O–H groups in total. The van der Waals surface area contributed by atoms with E-state index < -0.39 is 23.1 Å². The van der Waals surface area contributed by atoms with Gasteiger partial charge in [0.25, 0.3) is 0 Å². The zero-order chi connectivity index (χ0) is 15.0. The van der Waals surface area contributed by atoms with E-state index in [4.69, 9.17) is 4.74 Å². The van der Waals surface area contributed by atoms with Crippen molar-refractivity contribution in [2.75, 3.05) is 6.54 Å². The third kappa shape index (κ3) is 3.44. The number of carboxylic acid groups (broad SMARTS) is 1. The second kappa shape index (κ2) is 5.26. The van der Waals surface area contributed by atoms with Crippen molar-refractivity contribution in [3.63, 3.8) is 0 Å². The maximum absolute atomic E-state index is 11.7. The summed E-state index contributed by atoms with van der Waals surface area (Å²) >= 11 is 0. The molecule has 1 amide bonds. The Morgan fingerprint density at radius 2 is 1.80 bits per heavy atom. The molecule has 0 aromatic heterocycles. The van der Waals surface area contributed by atoms with E-state index in [0.717, 1.165) is 19.3 Å². The summed E-state index contributed by atoms with van der Waals surface area (Å²) in [5.41, 5.74) is -1.37. The quantitative estimate of drug-likeness (QED) is 0.835. The van der Waals surface area contributed by atoms with Crippen LogP contribution < -0.4 is 5.32 Å². The van der Waals surface area contributed by atoms with Crippen LogP contribution in [-0.4, -0.2) is 29.3 Å². The van der Waals surface area contributed by atoms with E-state index >= 15 is 0 Å². The van der Waals surface area contributed by atoms with Crippen LogP contribution in [-0.2, 0) is 9.53 Å². The lowest BCUT2D eigenvalue weighted by Gasteiger charge is -2.37. The van der Waals surface area contributed by atoms with Crippen molar-refractivity contribution in [2.45, 2.75) is 58.5 Å². The van der Waals surface area contributed by atoms with Gasteiger partial charge in [0.1, 0.15) is 5.60 Å². The molecule has 0 aromatic carbocycles. The number of carbonyl (C=O) groups excluding carboxylic acids is 1. The molecular weight excluding hydrogens is 258 g/mol. The number of ether oxygens (including phenoxy) is 1. The molecule has 20 heavy (non-hydrogen) atoms. The number of aliphatic carboxylic acids is 1. The van der Waals surface area contributed by atoms with Gasteiger partial charge in [0.05, 0.1) is 5.41 Å². The Bertz CT molecular complexity index is 387. The first-order valence-corrected chi connectivity index (χ1v) is 7.40. The monoisotopic (exact) mass is 283 g/mol. The fourth-order valence-electron chi connectivity index (χ4n) is 3.69. The van der Waals surface area contributed by atoms with E-state index in [1.165, 1.54) is 0 Å². The molecule has 5 nitrogen and oxygen atoms in total. The van der Waals surface area contributed by atoms with Crippen LogP contribution in [0.15, 0.2) is 0 Å². The summed E-state index contributed by atoms with van der Waals surface area (Å²) in [6.45, 7) is 5.55. The van der Waals surface area contributed by atoms with Crippen molar-refractivity contribution in [1.29, 1.82) is 0 Å². The maximum atomic E-state index is 11.7. The summed E-state index contributed by atoms with van der Waals surface area (Å²) in [4.78, 5) is 23.4. The van der Waals surface area contributed by atoms with E-state index in [-0.39, 0.29) is 6.54 Å². The first kappa shape index (κ1) is 15.1. The van der Waals surface area contributed by atoms with Gasteiger partial charge >= 0.3 is 12.1 Å². The molecule has 0 heterocycles. The minimum absolute atomic E-state index is 0.171. The highest BCUT2D eigenvalue weighted by Gasteiger charge is 2.49. The minimum atomic E-state index is -0.805. The van der Waals surface area contributed by atoms with Gasteiger partial charge in [-0.1, -0.05) is 12.8 Å². The fraction of sp³-hybridized carbons (Fsp3) is 0.867. The Morgan fingerprint density at radius 1 is 1.25 bits per heavy atom. The number of rotatable bonds is 3. The summed E-state index contributed by atoms with van der Waals surface area (Å²) < 4.78 is 5.18. The third-order valence-corrected chi connectivity index (χ3v) is 4.43. The van der Waals surface area contributed by atoms with Gasteiger partial charge in [0, 0.05) is 6.54 Å². The molecule has 114 valence electrons. The Labute approximate surface area is 120 Å². The van der Waals surface area contributed by atoms with Crippen molar-refractivity contribution >= 4 is 12.1 Å². The van der Waals surface area contributed by atoms with Crippen LogP contribution in [0, 0.1) is 17.3 Å². The van der Waals surface area contributed by atoms with Gasteiger partial charge in [-0.2, -0.15) is 0 Å². The molecule has 2 bridgehead atoms. The second-order valence-electron chi connectivity index (χ2n) is 7.39. The molecule has 2 atom stereocenters. The number of hydrogen-bond acceptors (Lipinski definition) is 3. The number of amides is 1. The molecule has 0 aliphatic heterocycles. The first-order chi connectivity index (χ1) is 9.20. The Morgan fingerprint density at radius 3 is 2.25 bits per heavy atom. The number of carboxylic acids is 1. The van der Waals surface area contributed by atoms with E-state index in [0.29, 0.717) is 24.7 Å². The molecule has 5 heteroatoms. The van der Waals surface area contributed by atoms with Crippen molar-refractivity contribution < 1.29 is 19.4 Å². The number of hydrogen-bond donors (Lipinski definition) is 2. The number of carbonyl (C=O) groups is 2. The van der Waals surface area contributed by atoms with Gasteiger partial charge in [-0.15, -0.1) is 0 Å². The van der Waals surface area contributed by atoms with Crippen molar-refractivity contribution in [3.8, 4) is 0 Å². The second-order valence-corrected chi connectivity index (χ2v) is 7.39. The average molecular weight is 283 g/mol. The Kier molecular flexibility index (Phi) is 3.98. The smallest absolute Gasteiger partial charge is 0.407 e. The summed E-state index contributed by atoms with van der Waals surface area (Å²) in [5, 5.41) is 12.3. The van der Waals surface area contributed by atoms with Gasteiger partial charge in [-0.3, -0.25) is 4.79 Å². The molecule has 0 saturated heterocycles. The predicted octanol–water partition coefficient (Wildman–Crippen LogP) is 2.79. The van der Waals surface area contributed by atoms with Gasteiger partial charge < -0.3 is 15.2 Å². The SMILES string of the molecule is CC(C)(C)OC(=O)NCC1(C(=O)O)CC2CCC(C2)C1. The zero-order valence-corrected chi connectivity index (χ0v) is 12.6. The van der Waals surface area contributed by atoms with Crippen molar-refractivity contribution in [1.82, 2.24) is 5.32 Å². The molecule has 2 aliphatic rings. The number of alkyl carbamates (subject to hydrolysis) is 1. The van der Waals surface area contributed by atoms with E-state index in [1.54, 1.807) is 20.8 Å². The molecule has 2 saturated carbocycles. The average Bonchev–Trinajstić information content (AvgIpc) is 2.64. The van der Waals surface area contributed by atoms with Crippen LogP contribution in [0.1, 0.15) is 52.9 Å². The van der Waals surface area contributed by atoms with Gasteiger partial charge in [0.2, 0.25) is 0 Å². The molecule has 2 aliphatic carbocycles. The normalized spacial score (nSPS) is 32.8. The van der Waals surface area contributed by atoms with Gasteiger partial charge in [0.15, 0.2) is 0 Å². The Hall–Kier alpha value is -1.26. The number of nitrogens with one attached hydrogen (secondary N) is 1.